The number of halogens is 1. The minimum absolute atomic E-state index is 0.123. The third-order valence-electron chi connectivity index (χ3n) is 5.29. The Hall–Kier alpha value is -1.62. The molecule has 1 aliphatic heterocycles. The van der Waals surface area contributed by atoms with Crippen LogP contribution in [0.4, 0.5) is 9.18 Å². The molecule has 24 heavy (non-hydrogen) atoms. The lowest BCUT2D eigenvalue weighted by atomic mass is 9.91. The van der Waals surface area contributed by atoms with E-state index in [0.29, 0.717) is 23.9 Å². The zero-order valence-corrected chi connectivity index (χ0v) is 14.3. The van der Waals surface area contributed by atoms with E-state index in [0.717, 1.165) is 45.3 Å². The number of hydrogen-bond acceptors (Lipinski definition) is 2. The molecule has 5 heteroatoms. The van der Waals surface area contributed by atoms with Crippen molar-refractivity contribution >= 4 is 6.03 Å². The summed E-state index contributed by atoms with van der Waals surface area (Å²) in [4.78, 5) is 14.3. The highest BCUT2D eigenvalue weighted by atomic mass is 19.1. The van der Waals surface area contributed by atoms with Crippen molar-refractivity contribution in [1.29, 1.82) is 0 Å². The Bertz CT molecular complexity index is 554. The third-order valence-corrected chi connectivity index (χ3v) is 5.29. The van der Waals surface area contributed by atoms with Crippen molar-refractivity contribution in [2.45, 2.75) is 38.1 Å². The molecule has 1 heterocycles. The number of urea groups is 1. The summed E-state index contributed by atoms with van der Waals surface area (Å²) in [5.41, 5.74) is 0.607. The largest absolute Gasteiger partial charge is 0.381 e. The predicted octanol–water partition coefficient (Wildman–Crippen LogP) is 3.73. The Labute approximate surface area is 143 Å². The van der Waals surface area contributed by atoms with Crippen LogP contribution in [0.3, 0.4) is 0 Å². The number of hydrogen-bond donors (Lipinski definition) is 1. The summed E-state index contributed by atoms with van der Waals surface area (Å²) in [6.45, 7) is 2.18. The van der Waals surface area contributed by atoms with Crippen LogP contribution in [0.2, 0.25) is 0 Å². The van der Waals surface area contributed by atoms with Gasteiger partial charge in [-0.15, -0.1) is 0 Å². The summed E-state index contributed by atoms with van der Waals surface area (Å²) in [7, 11) is 1.81. The molecule has 2 amide bonds. The fraction of sp³-hybridized carbons (Fsp3) is 0.632. The molecule has 0 aromatic heterocycles. The van der Waals surface area contributed by atoms with Crippen molar-refractivity contribution in [3.8, 4) is 0 Å². The molecule has 0 spiro atoms. The molecule has 2 atom stereocenters. The zero-order chi connectivity index (χ0) is 16.9. The second-order valence-electron chi connectivity index (χ2n) is 7.10. The Kier molecular flexibility index (Phi) is 5.72. The Balaban J connectivity index is 1.69. The van der Waals surface area contributed by atoms with Crippen LogP contribution >= 0.6 is 0 Å². The van der Waals surface area contributed by atoms with E-state index in [-0.39, 0.29) is 17.9 Å². The van der Waals surface area contributed by atoms with E-state index in [4.69, 9.17) is 4.74 Å². The molecule has 2 aliphatic rings. The van der Waals surface area contributed by atoms with E-state index >= 15 is 0 Å². The van der Waals surface area contributed by atoms with Crippen molar-refractivity contribution < 1.29 is 13.9 Å². The van der Waals surface area contributed by atoms with Gasteiger partial charge in [0.2, 0.25) is 0 Å². The van der Waals surface area contributed by atoms with Gasteiger partial charge in [-0.05, 0) is 31.2 Å². The van der Waals surface area contributed by atoms with E-state index in [2.05, 4.69) is 5.32 Å². The van der Waals surface area contributed by atoms with Gasteiger partial charge in [0.05, 0.1) is 12.6 Å². The number of nitrogens with zero attached hydrogens (tertiary/aromatic N) is 1. The molecule has 1 N–H and O–H groups in total. The zero-order valence-electron chi connectivity index (χ0n) is 14.3. The van der Waals surface area contributed by atoms with Crippen molar-refractivity contribution in [2.75, 3.05) is 26.8 Å². The van der Waals surface area contributed by atoms with Gasteiger partial charge in [0.1, 0.15) is 5.82 Å². The lowest BCUT2D eigenvalue weighted by Gasteiger charge is -2.29. The summed E-state index contributed by atoms with van der Waals surface area (Å²) in [6.07, 6.45) is 5.39. The number of ether oxygens (including phenoxy) is 1. The molecule has 1 saturated heterocycles. The number of amides is 2. The molecule has 3 rings (SSSR count). The quantitative estimate of drug-likeness (QED) is 0.891. The van der Waals surface area contributed by atoms with Crippen molar-refractivity contribution in [1.82, 2.24) is 10.2 Å². The molecule has 0 bridgehead atoms. The highest BCUT2D eigenvalue weighted by Crippen LogP contribution is 2.36. The second-order valence-corrected chi connectivity index (χ2v) is 7.10. The summed E-state index contributed by atoms with van der Waals surface area (Å²) < 4.78 is 19.7. The summed E-state index contributed by atoms with van der Waals surface area (Å²) in [6, 6.07) is 6.43. The van der Waals surface area contributed by atoms with Crippen LogP contribution in [0.1, 0.15) is 43.7 Å². The number of carbonyl (C=O) groups is 1. The molecular formula is C19H27FN2O2. The molecule has 1 aromatic rings. The highest BCUT2D eigenvalue weighted by molar-refractivity contribution is 5.74. The normalized spacial score (nSPS) is 22.5. The SMILES string of the molecule is CN(C[C@@H]1CCOC1)C(=O)N[C@@H](c1ccccc1F)C1CCCC1. The molecule has 1 saturated carbocycles. The van der Waals surface area contributed by atoms with E-state index in [1.165, 1.54) is 6.07 Å². The Morgan fingerprint density at radius 2 is 2.08 bits per heavy atom. The lowest BCUT2D eigenvalue weighted by molar-refractivity contribution is 0.168. The molecule has 2 fully saturated rings. The minimum Gasteiger partial charge on any atom is -0.381 e. The number of benzene rings is 1. The summed E-state index contributed by atoms with van der Waals surface area (Å²) >= 11 is 0. The molecule has 0 unspecified atom stereocenters. The van der Waals surface area contributed by atoms with E-state index in [1.807, 2.05) is 6.07 Å². The summed E-state index contributed by atoms with van der Waals surface area (Å²) in [5.74, 6) is 0.481. The topological polar surface area (TPSA) is 41.6 Å². The predicted molar refractivity (Wildman–Crippen MR) is 91.2 cm³/mol. The van der Waals surface area contributed by atoms with Crippen molar-refractivity contribution in [2.24, 2.45) is 11.8 Å². The van der Waals surface area contributed by atoms with Crippen LogP contribution < -0.4 is 5.32 Å². The van der Waals surface area contributed by atoms with Crippen LogP contribution in [0.5, 0.6) is 0 Å². The number of carbonyl (C=O) groups excluding carboxylic acids is 1. The van der Waals surface area contributed by atoms with E-state index in [9.17, 15) is 9.18 Å². The van der Waals surface area contributed by atoms with Gasteiger partial charge in [-0.3, -0.25) is 0 Å². The fourth-order valence-electron chi connectivity index (χ4n) is 3.91. The van der Waals surface area contributed by atoms with Gasteiger partial charge in [-0.2, -0.15) is 0 Å². The molecule has 1 aromatic carbocycles. The maximum atomic E-state index is 14.3. The Morgan fingerprint density at radius 3 is 2.75 bits per heavy atom. The van der Waals surface area contributed by atoms with Gasteiger partial charge in [0, 0.05) is 31.7 Å². The standard InChI is InChI=1S/C19H27FN2O2/c1-22(12-14-10-11-24-13-14)19(23)21-18(15-6-2-3-7-15)16-8-4-5-9-17(16)20/h4-5,8-9,14-15,18H,2-3,6-7,10-13H2,1H3,(H,21,23)/t14-,18+/m0/s1. The van der Waals surface area contributed by atoms with Crippen LogP contribution in [0.15, 0.2) is 24.3 Å². The van der Waals surface area contributed by atoms with Gasteiger partial charge in [-0.1, -0.05) is 31.0 Å². The second kappa shape index (κ2) is 7.97. The minimum atomic E-state index is -0.247. The van der Waals surface area contributed by atoms with Gasteiger partial charge in [0.15, 0.2) is 0 Å². The molecule has 0 radical (unpaired) electrons. The van der Waals surface area contributed by atoms with Gasteiger partial charge in [-0.25, -0.2) is 9.18 Å². The summed E-state index contributed by atoms with van der Waals surface area (Å²) in [5, 5.41) is 3.10. The molecular weight excluding hydrogens is 307 g/mol. The van der Waals surface area contributed by atoms with E-state index < -0.39 is 0 Å². The van der Waals surface area contributed by atoms with Crippen molar-refractivity contribution in [3.05, 3.63) is 35.6 Å². The lowest BCUT2D eigenvalue weighted by Crippen LogP contribution is -2.43. The maximum absolute atomic E-state index is 14.3. The Morgan fingerprint density at radius 1 is 1.33 bits per heavy atom. The number of nitrogens with one attached hydrogen (secondary N) is 1. The highest BCUT2D eigenvalue weighted by Gasteiger charge is 2.30. The number of rotatable bonds is 5. The first-order valence-electron chi connectivity index (χ1n) is 8.99. The third kappa shape index (κ3) is 4.07. The van der Waals surface area contributed by atoms with Gasteiger partial charge in [0.25, 0.3) is 0 Å². The van der Waals surface area contributed by atoms with Gasteiger partial charge < -0.3 is 15.0 Å². The molecule has 1 aliphatic carbocycles. The van der Waals surface area contributed by atoms with Crippen LogP contribution in [0, 0.1) is 17.7 Å². The van der Waals surface area contributed by atoms with E-state index in [1.54, 1.807) is 24.1 Å². The smallest absolute Gasteiger partial charge is 0.317 e. The van der Waals surface area contributed by atoms with Crippen LogP contribution in [0.25, 0.3) is 0 Å². The molecule has 132 valence electrons. The fourth-order valence-corrected chi connectivity index (χ4v) is 3.91. The first-order chi connectivity index (χ1) is 11.6. The average molecular weight is 334 g/mol. The average Bonchev–Trinajstić information content (AvgIpc) is 3.26. The molecule has 4 nitrogen and oxygen atoms in total. The maximum Gasteiger partial charge on any atom is 0.317 e. The monoisotopic (exact) mass is 334 g/mol. The van der Waals surface area contributed by atoms with Crippen LogP contribution in [-0.2, 0) is 4.74 Å². The van der Waals surface area contributed by atoms with Crippen molar-refractivity contribution in [3.63, 3.8) is 0 Å². The van der Waals surface area contributed by atoms with Crippen LogP contribution in [-0.4, -0.2) is 37.7 Å². The first-order valence-corrected chi connectivity index (χ1v) is 8.99. The van der Waals surface area contributed by atoms with Gasteiger partial charge >= 0.3 is 6.03 Å². The first kappa shape index (κ1) is 17.2.